The molecule has 1 fully saturated rings. The highest BCUT2D eigenvalue weighted by molar-refractivity contribution is 4.90. The van der Waals surface area contributed by atoms with E-state index in [4.69, 9.17) is 4.52 Å². The number of hydrogen-bond acceptors (Lipinski definition) is 5. The van der Waals surface area contributed by atoms with Crippen LogP contribution in [0, 0.1) is 5.41 Å². The van der Waals surface area contributed by atoms with Crippen molar-refractivity contribution in [2.24, 2.45) is 5.41 Å². The van der Waals surface area contributed by atoms with Gasteiger partial charge in [0.25, 0.3) is 0 Å². The second-order valence-corrected chi connectivity index (χ2v) is 5.64. The predicted octanol–water partition coefficient (Wildman–Crippen LogP) is 1.62. The van der Waals surface area contributed by atoms with E-state index in [1.165, 1.54) is 0 Å². The number of likely N-dealkylation sites (tertiary alicyclic amines) is 1. The number of aliphatic hydroxyl groups excluding tert-OH is 1. The third-order valence-corrected chi connectivity index (χ3v) is 3.58. The minimum absolute atomic E-state index is 0.0221. The van der Waals surface area contributed by atoms with Crippen molar-refractivity contribution in [1.29, 1.82) is 0 Å². The molecule has 1 N–H and O–H groups in total. The van der Waals surface area contributed by atoms with E-state index in [-0.39, 0.29) is 12.0 Å². The number of aliphatic hydroxyl groups is 1. The van der Waals surface area contributed by atoms with Gasteiger partial charge in [0.1, 0.15) is 0 Å². The molecule has 0 aliphatic carbocycles. The van der Waals surface area contributed by atoms with Crippen molar-refractivity contribution >= 4 is 0 Å². The van der Waals surface area contributed by atoms with Gasteiger partial charge in [-0.3, -0.25) is 4.90 Å². The fourth-order valence-electron chi connectivity index (χ4n) is 2.56. The van der Waals surface area contributed by atoms with Crippen LogP contribution >= 0.6 is 0 Å². The van der Waals surface area contributed by atoms with E-state index in [0.717, 1.165) is 57.0 Å². The molecule has 1 aromatic rings. The molecule has 18 heavy (non-hydrogen) atoms. The molecule has 102 valence electrons. The standard InChI is InChI=1S/C13H23N3O2/c1-3-5-12-14-11(15-18-12)8-16-7-4-6-13(2,9-16)10-17/h17H,3-10H2,1-2H3. The Morgan fingerprint density at radius 1 is 1.50 bits per heavy atom. The molecule has 5 heteroatoms. The van der Waals surface area contributed by atoms with Gasteiger partial charge in [-0.15, -0.1) is 0 Å². The number of nitrogens with zero attached hydrogens (tertiary/aromatic N) is 3. The molecule has 0 saturated carbocycles. The highest BCUT2D eigenvalue weighted by Crippen LogP contribution is 2.29. The van der Waals surface area contributed by atoms with Gasteiger partial charge >= 0.3 is 0 Å². The zero-order chi connectivity index (χ0) is 13.0. The van der Waals surface area contributed by atoms with E-state index < -0.39 is 0 Å². The lowest BCUT2D eigenvalue weighted by Crippen LogP contribution is -2.43. The van der Waals surface area contributed by atoms with Crippen LogP contribution in [0.4, 0.5) is 0 Å². The van der Waals surface area contributed by atoms with E-state index in [1.54, 1.807) is 0 Å². The Labute approximate surface area is 108 Å². The monoisotopic (exact) mass is 253 g/mol. The fraction of sp³-hybridized carbons (Fsp3) is 0.846. The first kappa shape index (κ1) is 13.5. The molecule has 1 aliphatic heterocycles. The summed E-state index contributed by atoms with van der Waals surface area (Å²) in [6.45, 7) is 7.16. The van der Waals surface area contributed by atoms with Crippen LogP contribution in [-0.4, -0.2) is 39.8 Å². The second kappa shape index (κ2) is 5.80. The van der Waals surface area contributed by atoms with Crippen molar-refractivity contribution in [3.8, 4) is 0 Å². The van der Waals surface area contributed by atoms with E-state index in [0.29, 0.717) is 0 Å². The van der Waals surface area contributed by atoms with Crippen LogP contribution in [-0.2, 0) is 13.0 Å². The van der Waals surface area contributed by atoms with Gasteiger partial charge in [-0.25, -0.2) is 0 Å². The molecule has 0 spiro atoms. The van der Waals surface area contributed by atoms with Crippen LogP contribution in [0.2, 0.25) is 0 Å². The van der Waals surface area contributed by atoms with Gasteiger partial charge in [-0.1, -0.05) is 19.0 Å². The first-order valence-corrected chi connectivity index (χ1v) is 6.80. The average Bonchev–Trinajstić information content (AvgIpc) is 2.77. The Morgan fingerprint density at radius 3 is 3.06 bits per heavy atom. The third kappa shape index (κ3) is 3.29. The summed E-state index contributed by atoms with van der Waals surface area (Å²) >= 11 is 0. The maximum Gasteiger partial charge on any atom is 0.226 e. The highest BCUT2D eigenvalue weighted by Gasteiger charge is 2.30. The van der Waals surface area contributed by atoms with Crippen LogP contribution < -0.4 is 0 Å². The Morgan fingerprint density at radius 2 is 2.33 bits per heavy atom. The van der Waals surface area contributed by atoms with E-state index >= 15 is 0 Å². The number of hydrogen-bond donors (Lipinski definition) is 1. The summed E-state index contributed by atoms with van der Waals surface area (Å²) in [7, 11) is 0. The molecule has 2 heterocycles. The summed E-state index contributed by atoms with van der Waals surface area (Å²) in [6.07, 6.45) is 4.08. The molecule has 1 aliphatic rings. The van der Waals surface area contributed by atoms with Crippen molar-refractivity contribution in [1.82, 2.24) is 15.0 Å². The SMILES string of the molecule is CCCc1nc(CN2CCCC(C)(CO)C2)no1. The maximum atomic E-state index is 9.43. The zero-order valence-corrected chi connectivity index (χ0v) is 11.4. The van der Waals surface area contributed by atoms with Crippen molar-refractivity contribution in [3.63, 3.8) is 0 Å². The largest absolute Gasteiger partial charge is 0.396 e. The minimum atomic E-state index is 0.0221. The number of piperidine rings is 1. The lowest BCUT2D eigenvalue weighted by Gasteiger charge is -2.38. The molecule has 0 amide bonds. The van der Waals surface area contributed by atoms with Crippen LogP contribution in [0.25, 0.3) is 0 Å². The van der Waals surface area contributed by atoms with E-state index in [9.17, 15) is 5.11 Å². The molecular weight excluding hydrogens is 230 g/mol. The van der Waals surface area contributed by atoms with Gasteiger partial charge in [-0.05, 0) is 25.8 Å². The molecule has 2 rings (SSSR count). The summed E-state index contributed by atoms with van der Waals surface area (Å²) in [6, 6.07) is 0. The average molecular weight is 253 g/mol. The first-order valence-electron chi connectivity index (χ1n) is 6.80. The summed E-state index contributed by atoms with van der Waals surface area (Å²) < 4.78 is 5.19. The Hall–Kier alpha value is -0.940. The smallest absolute Gasteiger partial charge is 0.226 e. The number of aryl methyl sites for hydroxylation is 1. The Balaban J connectivity index is 1.92. The lowest BCUT2D eigenvalue weighted by molar-refractivity contribution is 0.0414. The molecule has 1 saturated heterocycles. The summed E-state index contributed by atoms with van der Waals surface area (Å²) in [5, 5.41) is 13.4. The molecule has 5 nitrogen and oxygen atoms in total. The third-order valence-electron chi connectivity index (χ3n) is 3.58. The fourth-order valence-corrected chi connectivity index (χ4v) is 2.56. The Bertz CT molecular complexity index is 380. The first-order chi connectivity index (χ1) is 8.65. The van der Waals surface area contributed by atoms with Gasteiger partial charge in [0.05, 0.1) is 6.54 Å². The normalized spacial score (nSPS) is 25.5. The van der Waals surface area contributed by atoms with Crippen molar-refractivity contribution < 1.29 is 9.63 Å². The number of aromatic nitrogens is 2. The second-order valence-electron chi connectivity index (χ2n) is 5.64. The van der Waals surface area contributed by atoms with Crippen LogP contribution in [0.15, 0.2) is 4.52 Å². The summed E-state index contributed by atoms with van der Waals surface area (Å²) in [5.41, 5.74) is 0.0221. The van der Waals surface area contributed by atoms with Crippen LogP contribution in [0.5, 0.6) is 0 Å². The summed E-state index contributed by atoms with van der Waals surface area (Å²) in [4.78, 5) is 6.69. The molecular formula is C13H23N3O2. The van der Waals surface area contributed by atoms with Gasteiger partial charge in [0, 0.05) is 25.0 Å². The van der Waals surface area contributed by atoms with Crippen LogP contribution in [0.3, 0.4) is 0 Å². The number of rotatable bonds is 5. The quantitative estimate of drug-likeness (QED) is 0.864. The van der Waals surface area contributed by atoms with E-state index in [1.807, 2.05) is 0 Å². The molecule has 1 atom stereocenters. The minimum Gasteiger partial charge on any atom is -0.396 e. The maximum absolute atomic E-state index is 9.43. The molecule has 1 aromatic heterocycles. The van der Waals surface area contributed by atoms with Crippen molar-refractivity contribution in [2.75, 3.05) is 19.7 Å². The van der Waals surface area contributed by atoms with Crippen LogP contribution in [0.1, 0.15) is 44.8 Å². The molecule has 1 unspecified atom stereocenters. The lowest BCUT2D eigenvalue weighted by atomic mass is 9.83. The predicted molar refractivity (Wildman–Crippen MR) is 68.0 cm³/mol. The zero-order valence-electron chi connectivity index (χ0n) is 11.4. The van der Waals surface area contributed by atoms with Crippen molar-refractivity contribution in [2.45, 2.75) is 46.1 Å². The van der Waals surface area contributed by atoms with E-state index in [2.05, 4.69) is 28.9 Å². The molecule has 0 aromatic carbocycles. The molecule has 0 radical (unpaired) electrons. The van der Waals surface area contributed by atoms with Crippen molar-refractivity contribution in [3.05, 3.63) is 11.7 Å². The molecule has 0 bridgehead atoms. The topological polar surface area (TPSA) is 62.4 Å². The van der Waals surface area contributed by atoms with Gasteiger partial charge < -0.3 is 9.63 Å². The summed E-state index contributed by atoms with van der Waals surface area (Å²) in [5.74, 6) is 1.50. The Kier molecular flexibility index (Phi) is 4.35. The van der Waals surface area contributed by atoms with Gasteiger partial charge in [-0.2, -0.15) is 4.98 Å². The van der Waals surface area contributed by atoms with Gasteiger partial charge in [0.2, 0.25) is 5.89 Å². The highest BCUT2D eigenvalue weighted by atomic mass is 16.5. The van der Waals surface area contributed by atoms with Gasteiger partial charge in [0.15, 0.2) is 5.82 Å².